The molecule has 0 radical (unpaired) electrons. The summed E-state index contributed by atoms with van der Waals surface area (Å²) in [6, 6.07) is 6.27. The summed E-state index contributed by atoms with van der Waals surface area (Å²) in [6.45, 7) is 2.61. The number of aliphatic carboxylic acids is 1. The molecule has 2 amide bonds. The number of amides is 2. The van der Waals surface area contributed by atoms with Gasteiger partial charge in [-0.15, -0.1) is 0 Å². The number of pyridine rings is 1. The number of rotatable bonds is 6. The minimum Gasteiger partial charge on any atom is -0.550 e. The summed E-state index contributed by atoms with van der Waals surface area (Å²) >= 11 is 13.9. The molecule has 11 heteroatoms. The standard InChI is InChI=1S/C30H34Br2ClN3O4.Li/c31-22-14-21-2-1-20-15-23(33)16-24(32)28(20)29(30(21)34-17-22)19-7-11-36(12-8-19)26(38)13-18-5-9-35(10-6-18)25(37)3-4-27(39)40;/h14-19,29H,1-13H2,(H,39,40);/q;+1/p-1/t29-;/m1./s1. The number of piperidine rings is 2. The topological polar surface area (TPSA) is 93.6 Å². The van der Waals surface area contributed by atoms with E-state index in [1.165, 1.54) is 16.7 Å². The van der Waals surface area contributed by atoms with E-state index in [0.717, 1.165) is 71.3 Å². The summed E-state index contributed by atoms with van der Waals surface area (Å²) in [4.78, 5) is 44.8. The fraction of sp³-hybridized carbons (Fsp3) is 0.533. The summed E-state index contributed by atoms with van der Waals surface area (Å²) in [5.41, 5.74) is 4.95. The largest absolute Gasteiger partial charge is 1.00 e. The molecule has 1 aliphatic carbocycles. The average Bonchev–Trinajstić information content (AvgIpc) is 3.09. The molecule has 1 atom stereocenters. The second kappa shape index (κ2) is 14.4. The van der Waals surface area contributed by atoms with Crippen LogP contribution in [0.5, 0.6) is 0 Å². The molecule has 214 valence electrons. The van der Waals surface area contributed by atoms with Gasteiger partial charge in [-0.2, -0.15) is 0 Å². The minimum absolute atomic E-state index is 0. The van der Waals surface area contributed by atoms with Gasteiger partial charge in [0.15, 0.2) is 0 Å². The van der Waals surface area contributed by atoms with Crippen LogP contribution in [0, 0.1) is 11.8 Å². The number of carboxylic acid groups (broad SMARTS) is 1. The zero-order chi connectivity index (χ0) is 28.4. The molecule has 2 aromatic rings. The molecule has 1 aromatic carbocycles. The van der Waals surface area contributed by atoms with Gasteiger partial charge < -0.3 is 19.7 Å². The van der Waals surface area contributed by atoms with Crippen molar-refractivity contribution in [1.29, 1.82) is 0 Å². The molecule has 7 nitrogen and oxygen atoms in total. The molecule has 2 saturated heterocycles. The van der Waals surface area contributed by atoms with Gasteiger partial charge in [0, 0.05) is 71.1 Å². The number of aromatic nitrogens is 1. The Balaban J connectivity index is 0.00000387. The number of halogens is 3. The molecule has 3 aliphatic rings. The van der Waals surface area contributed by atoms with E-state index in [1.54, 1.807) is 4.90 Å². The molecule has 2 aliphatic heterocycles. The first-order chi connectivity index (χ1) is 19.2. The van der Waals surface area contributed by atoms with Crippen LogP contribution in [0.15, 0.2) is 33.3 Å². The maximum absolute atomic E-state index is 13.3. The van der Waals surface area contributed by atoms with E-state index in [4.69, 9.17) is 16.6 Å². The Hall–Kier alpha value is -1.37. The Bertz CT molecular complexity index is 1300. The fourth-order valence-electron chi connectivity index (χ4n) is 6.64. The third kappa shape index (κ3) is 7.78. The van der Waals surface area contributed by atoms with Crippen molar-refractivity contribution in [3.63, 3.8) is 0 Å². The number of benzene rings is 1. The molecule has 0 saturated carbocycles. The third-order valence-corrected chi connectivity index (χ3v) is 10.1. The number of carboxylic acids is 1. The second-order valence-corrected chi connectivity index (χ2v) is 13.5. The van der Waals surface area contributed by atoms with Crippen molar-refractivity contribution in [3.05, 3.63) is 60.7 Å². The minimum atomic E-state index is -1.20. The molecule has 41 heavy (non-hydrogen) atoms. The van der Waals surface area contributed by atoms with Crippen LogP contribution in [0.1, 0.15) is 73.2 Å². The van der Waals surface area contributed by atoms with Gasteiger partial charge in [0.25, 0.3) is 0 Å². The quantitative estimate of drug-likeness (QED) is 0.430. The Morgan fingerprint density at radius 2 is 1.54 bits per heavy atom. The molecule has 5 rings (SSSR count). The normalized spacial score (nSPS) is 19.5. The second-order valence-electron chi connectivity index (χ2n) is 11.3. The first-order valence-electron chi connectivity index (χ1n) is 14.1. The molecular formula is C30H33Br2ClLiN3O4. The van der Waals surface area contributed by atoms with Gasteiger partial charge in [-0.3, -0.25) is 14.6 Å². The van der Waals surface area contributed by atoms with Crippen LogP contribution in [0.2, 0.25) is 5.02 Å². The van der Waals surface area contributed by atoms with Gasteiger partial charge in [0.05, 0.1) is 5.69 Å². The molecule has 1 aromatic heterocycles. The van der Waals surface area contributed by atoms with E-state index in [1.807, 2.05) is 17.2 Å². The van der Waals surface area contributed by atoms with Crippen molar-refractivity contribution in [1.82, 2.24) is 14.8 Å². The van der Waals surface area contributed by atoms with E-state index in [9.17, 15) is 19.5 Å². The van der Waals surface area contributed by atoms with Gasteiger partial charge in [-0.25, -0.2) is 0 Å². The molecular weight excluding hydrogens is 669 g/mol. The zero-order valence-electron chi connectivity index (χ0n) is 23.3. The smallest absolute Gasteiger partial charge is 0.550 e. The average molecular weight is 702 g/mol. The number of carbonyl (C=O) groups is 3. The predicted molar refractivity (Wildman–Crippen MR) is 158 cm³/mol. The number of hydrogen-bond donors (Lipinski definition) is 0. The zero-order valence-corrected chi connectivity index (χ0v) is 27.3. The maximum atomic E-state index is 13.3. The number of carbonyl (C=O) groups excluding carboxylic acids is 3. The number of nitrogens with zero attached hydrogens (tertiary/aromatic N) is 3. The van der Waals surface area contributed by atoms with Gasteiger partial charge in [0.1, 0.15) is 0 Å². The van der Waals surface area contributed by atoms with Crippen LogP contribution >= 0.6 is 43.5 Å². The summed E-state index contributed by atoms with van der Waals surface area (Å²) < 4.78 is 2.02. The molecule has 0 unspecified atom stereocenters. The maximum Gasteiger partial charge on any atom is 1.00 e. The van der Waals surface area contributed by atoms with Crippen LogP contribution < -0.4 is 24.0 Å². The van der Waals surface area contributed by atoms with Gasteiger partial charge >= 0.3 is 18.9 Å². The fourth-order valence-corrected chi connectivity index (χ4v) is 8.14. The van der Waals surface area contributed by atoms with Crippen LogP contribution in [0.3, 0.4) is 0 Å². The first kappa shape index (κ1) is 32.5. The van der Waals surface area contributed by atoms with E-state index in [-0.39, 0.29) is 55.4 Å². The van der Waals surface area contributed by atoms with Crippen molar-refractivity contribution in [2.45, 2.75) is 63.7 Å². The van der Waals surface area contributed by atoms with Gasteiger partial charge in [0.2, 0.25) is 11.8 Å². The van der Waals surface area contributed by atoms with Crippen molar-refractivity contribution >= 4 is 61.2 Å². The predicted octanol–water partition coefficient (Wildman–Crippen LogP) is 1.89. The van der Waals surface area contributed by atoms with Crippen molar-refractivity contribution < 1.29 is 38.4 Å². The van der Waals surface area contributed by atoms with E-state index in [2.05, 4.69) is 44.0 Å². The Morgan fingerprint density at radius 3 is 2.22 bits per heavy atom. The molecule has 2 fully saturated rings. The van der Waals surface area contributed by atoms with Crippen LogP contribution in [-0.2, 0) is 27.2 Å². The monoisotopic (exact) mass is 699 g/mol. The molecule has 0 bridgehead atoms. The van der Waals surface area contributed by atoms with Gasteiger partial charge in [-0.05, 0) is 108 Å². The Kier molecular flexibility index (Phi) is 11.4. The molecule has 0 N–H and O–H groups in total. The Morgan fingerprint density at radius 1 is 0.902 bits per heavy atom. The molecule has 0 spiro atoms. The summed E-state index contributed by atoms with van der Waals surface area (Å²) in [5.74, 6) is -0.402. The van der Waals surface area contributed by atoms with Crippen molar-refractivity contribution in [2.75, 3.05) is 26.2 Å². The van der Waals surface area contributed by atoms with Gasteiger partial charge in [-0.1, -0.05) is 27.5 Å². The first-order valence-corrected chi connectivity index (χ1v) is 16.0. The SMILES string of the molecule is O=C([O-])CCC(=O)N1CCC(CC(=O)N2CCC([C@H]3c4ncc(Br)cc4CCc4cc(Cl)cc(Br)c43)CC2)CC1.[Li+]. The van der Waals surface area contributed by atoms with Crippen LogP contribution in [0.25, 0.3) is 0 Å². The molecule has 3 heterocycles. The number of likely N-dealkylation sites (tertiary alicyclic amines) is 2. The van der Waals surface area contributed by atoms with Crippen molar-refractivity contribution in [3.8, 4) is 0 Å². The summed E-state index contributed by atoms with van der Waals surface area (Å²) in [7, 11) is 0. The number of fused-ring (bicyclic) bond motifs is 2. The Labute approximate surface area is 275 Å². The van der Waals surface area contributed by atoms with Crippen LogP contribution in [0.4, 0.5) is 0 Å². The van der Waals surface area contributed by atoms with E-state index < -0.39 is 5.97 Å². The number of hydrogen-bond acceptors (Lipinski definition) is 5. The van der Waals surface area contributed by atoms with E-state index in [0.29, 0.717) is 25.4 Å². The van der Waals surface area contributed by atoms with Crippen molar-refractivity contribution in [2.24, 2.45) is 11.8 Å². The van der Waals surface area contributed by atoms with Crippen LogP contribution in [-0.4, -0.2) is 58.7 Å². The number of aryl methyl sites for hydroxylation is 2. The summed E-state index contributed by atoms with van der Waals surface area (Å²) in [5, 5.41) is 11.4. The third-order valence-electron chi connectivity index (χ3n) is 8.75. The van der Waals surface area contributed by atoms with E-state index >= 15 is 0 Å². The summed E-state index contributed by atoms with van der Waals surface area (Å²) in [6.07, 6.45) is 7.31.